The first-order valence-corrected chi connectivity index (χ1v) is 17.1. The van der Waals surface area contributed by atoms with Gasteiger partial charge in [-0.15, -0.1) is 0 Å². The predicted octanol–water partition coefficient (Wildman–Crippen LogP) is -0.442. The van der Waals surface area contributed by atoms with Gasteiger partial charge in [0.05, 0.1) is 132 Å². The van der Waals surface area contributed by atoms with E-state index in [-0.39, 0.29) is 38.6 Å². The van der Waals surface area contributed by atoms with Crippen molar-refractivity contribution in [1.29, 1.82) is 0 Å². The summed E-state index contributed by atoms with van der Waals surface area (Å²) in [6, 6.07) is 0. The van der Waals surface area contributed by atoms with E-state index in [0.717, 1.165) is 0 Å². The minimum Gasteiger partial charge on any atom is -0.481 e. The number of ether oxygens (including phenoxy) is 12. The Morgan fingerprint density at radius 2 is 0.706 bits per heavy atom. The molecule has 0 atom stereocenters. The zero-order valence-electron chi connectivity index (χ0n) is 29.7. The third-order valence-corrected chi connectivity index (χ3v) is 5.89. The first-order chi connectivity index (χ1) is 24.9. The van der Waals surface area contributed by atoms with E-state index in [1.165, 1.54) is 0 Å². The largest absolute Gasteiger partial charge is 0.481 e. The molecule has 0 saturated heterocycles. The van der Waals surface area contributed by atoms with Gasteiger partial charge in [0, 0.05) is 19.4 Å². The topological polar surface area (TPSA) is 232 Å². The maximum Gasteiger partial charge on any atom is 0.329 e. The van der Waals surface area contributed by atoms with Crippen molar-refractivity contribution in [3.05, 3.63) is 0 Å². The number of nitrogens with one attached hydrogen (secondary N) is 1. The maximum absolute atomic E-state index is 11.5. The number of hydrogen-bond donors (Lipinski definition) is 3. The molecule has 0 aromatic rings. The van der Waals surface area contributed by atoms with Crippen LogP contribution in [0, 0.1) is 0 Å². The molecule has 0 heterocycles. The third kappa shape index (κ3) is 43.5. The van der Waals surface area contributed by atoms with Crippen LogP contribution in [0.2, 0.25) is 0 Å². The highest BCUT2D eigenvalue weighted by atomic mass is 16.6. The Labute approximate surface area is 299 Å². The molecule has 0 aromatic carbocycles. The monoisotopic (exact) mass is 745 g/mol. The van der Waals surface area contributed by atoms with Crippen LogP contribution in [0.3, 0.4) is 0 Å². The number of amides is 1. The van der Waals surface area contributed by atoms with E-state index in [0.29, 0.717) is 145 Å². The van der Waals surface area contributed by atoms with Gasteiger partial charge in [-0.05, 0) is 12.8 Å². The van der Waals surface area contributed by atoms with Crippen LogP contribution in [0.4, 0.5) is 0 Å². The van der Waals surface area contributed by atoms with Crippen LogP contribution in [-0.2, 0) is 76.0 Å². The second-order valence-electron chi connectivity index (χ2n) is 10.2. The SMILES string of the molecule is O=C(O)CCCCC(=O)OCCOCCOCCOCCOCCOCCOCCOCCOCCOCCOCCNC(=O)COCC(=O)O. The second-order valence-corrected chi connectivity index (χ2v) is 10.2. The molecule has 0 spiro atoms. The van der Waals surface area contributed by atoms with Crippen molar-refractivity contribution in [3.8, 4) is 0 Å². The molecule has 0 aliphatic rings. The highest BCUT2D eigenvalue weighted by molar-refractivity contribution is 5.77. The molecule has 19 nitrogen and oxygen atoms in total. The summed E-state index contributed by atoms with van der Waals surface area (Å²) in [4.78, 5) is 43.5. The lowest BCUT2D eigenvalue weighted by Crippen LogP contribution is -2.31. The summed E-state index contributed by atoms with van der Waals surface area (Å²) < 4.78 is 63.7. The van der Waals surface area contributed by atoms with Crippen molar-refractivity contribution in [2.75, 3.05) is 159 Å². The summed E-state index contributed by atoms with van der Waals surface area (Å²) in [6.45, 7) is 7.96. The number of hydrogen-bond acceptors (Lipinski definition) is 16. The second kappa shape index (κ2) is 40.2. The van der Waals surface area contributed by atoms with E-state index in [2.05, 4.69) is 10.1 Å². The lowest BCUT2D eigenvalue weighted by Gasteiger charge is -2.09. The fourth-order valence-electron chi connectivity index (χ4n) is 3.46. The quantitative estimate of drug-likeness (QED) is 0.0531. The van der Waals surface area contributed by atoms with Gasteiger partial charge >= 0.3 is 17.9 Å². The molecule has 51 heavy (non-hydrogen) atoms. The lowest BCUT2D eigenvalue weighted by atomic mass is 10.2. The van der Waals surface area contributed by atoms with E-state index in [1.807, 2.05) is 0 Å². The average molecular weight is 746 g/mol. The van der Waals surface area contributed by atoms with Gasteiger partial charge in [-0.25, -0.2) is 4.79 Å². The molecular formula is C32H59NO18. The molecule has 0 saturated carbocycles. The average Bonchev–Trinajstić information content (AvgIpc) is 3.10. The molecule has 0 bridgehead atoms. The Hall–Kier alpha value is -2.56. The van der Waals surface area contributed by atoms with Crippen LogP contribution in [0.15, 0.2) is 0 Å². The molecule has 0 unspecified atom stereocenters. The molecule has 0 aromatic heterocycles. The summed E-state index contributed by atoms with van der Waals surface area (Å²) in [5, 5.41) is 19.5. The Morgan fingerprint density at radius 3 is 1.06 bits per heavy atom. The van der Waals surface area contributed by atoms with Crippen molar-refractivity contribution >= 4 is 23.8 Å². The van der Waals surface area contributed by atoms with Gasteiger partial charge in [-0.3, -0.25) is 14.4 Å². The number of carbonyl (C=O) groups excluding carboxylic acids is 2. The van der Waals surface area contributed by atoms with E-state index in [4.69, 9.17) is 62.3 Å². The van der Waals surface area contributed by atoms with Crippen molar-refractivity contribution in [1.82, 2.24) is 5.32 Å². The van der Waals surface area contributed by atoms with Crippen LogP contribution in [0.25, 0.3) is 0 Å². The molecule has 3 N–H and O–H groups in total. The Morgan fingerprint density at radius 1 is 0.373 bits per heavy atom. The van der Waals surface area contributed by atoms with Crippen LogP contribution >= 0.6 is 0 Å². The smallest absolute Gasteiger partial charge is 0.329 e. The molecule has 1 amide bonds. The molecule has 19 heteroatoms. The van der Waals surface area contributed by atoms with Crippen LogP contribution < -0.4 is 5.32 Å². The molecular weight excluding hydrogens is 686 g/mol. The van der Waals surface area contributed by atoms with Crippen molar-refractivity contribution in [2.24, 2.45) is 0 Å². The van der Waals surface area contributed by atoms with Gasteiger partial charge in [-0.2, -0.15) is 0 Å². The number of carboxylic acids is 2. The lowest BCUT2D eigenvalue weighted by molar-refractivity contribution is -0.146. The minimum absolute atomic E-state index is 0.0520. The van der Waals surface area contributed by atoms with Crippen LogP contribution in [0.5, 0.6) is 0 Å². The number of rotatable bonds is 42. The first kappa shape index (κ1) is 48.4. The summed E-state index contributed by atoms with van der Waals surface area (Å²) in [6.07, 6.45) is 1.20. The van der Waals surface area contributed by atoms with Gasteiger partial charge in [0.15, 0.2) is 0 Å². The fourth-order valence-corrected chi connectivity index (χ4v) is 3.46. The Kier molecular flexibility index (Phi) is 38.2. The summed E-state index contributed by atoms with van der Waals surface area (Å²) in [7, 11) is 0. The summed E-state index contributed by atoms with van der Waals surface area (Å²) in [5.41, 5.74) is 0. The zero-order valence-corrected chi connectivity index (χ0v) is 29.7. The number of carboxylic acid groups (broad SMARTS) is 2. The van der Waals surface area contributed by atoms with E-state index < -0.39 is 24.5 Å². The van der Waals surface area contributed by atoms with Gasteiger partial charge in [0.1, 0.15) is 19.8 Å². The Bertz CT molecular complexity index is 821. The number of aliphatic carboxylic acids is 2. The molecule has 0 radical (unpaired) electrons. The number of unbranched alkanes of at least 4 members (excludes halogenated alkanes) is 1. The van der Waals surface area contributed by atoms with Gasteiger partial charge in [-0.1, -0.05) is 0 Å². The normalized spacial score (nSPS) is 11.1. The van der Waals surface area contributed by atoms with E-state index in [1.54, 1.807) is 0 Å². The van der Waals surface area contributed by atoms with Crippen LogP contribution in [0.1, 0.15) is 25.7 Å². The van der Waals surface area contributed by atoms with Crippen molar-refractivity contribution in [3.63, 3.8) is 0 Å². The first-order valence-electron chi connectivity index (χ1n) is 17.1. The fraction of sp³-hybridized carbons (Fsp3) is 0.875. The predicted molar refractivity (Wildman–Crippen MR) is 177 cm³/mol. The Balaban J connectivity index is 3.13. The van der Waals surface area contributed by atoms with E-state index in [9.17, 15) is 19.2 Å². The summed E-state index contributed by atoms with van der Waals surface area (Å²) in [5.74, 6) is -2.76. The summed E-state index contributed by atoms with van der Waals surface area (Å²) >= 11 is 0. The van der Waals surface area contributed by atoms with Gasteiger partial charge in [0.25, 0.3) is 0 Å². The molecule has 0 aliphatic heterocycles. The third-order valence-electron chi connectivity index (χ3n) is 5.89. The molecule has 0 fully saturated rings. The van der Waals surface area contributed by atoms with Crippen molar-refractivity contribution < 1.29 is 86.2 Å². The standard InChI is InChI=1S/C32H59NO18/c34-29(27-50-28-31(37)38)33-5-6-40-7-8-41-9-10-42-11-12-43-13-14-44-15-16-45-17-18-46-19-20-47-21-22-48-23-24-49-25-26-51-32(39)4-2-1-3-30(35)36/h1-28H2,(H,33,34)(H,35,36)(H,37,38). The zero-order chi connectivity index (χ0) is 37.3. The van der Waals surface area contributed by atoms with Crippen LogP contribution in [-0.4, -0.2) is 193 Å². The maximum atomic E-state index is 11.5. The van der Waals surface area contributed by atoms with Gasteiger partial charge in [0.2, 0.25) is 5.91 Å². The highest BCUT2D eigenvalue weighted by Gasteiger charge is 2.05. The molecule has 0 aliphatic carbocycles. The van der Waals surface area contributed by atoms with Gasteiger partial charge < -0.3 is 72.4 Å². The number of carbonyl (C=O) groups is 4. The molecule has 0 rings (SSSR count). The number of esters is 1. The minimum atomic E-state index is -1.13. The van der Waals surface area contributed by atoms with E-state index >= 15 is 0 Å². The van der Waals surface area contributed by atoms with Crippen molar-refractivity contribution in [2.45, 2.75) is 25.7 Å². The highest BCUT2D eigenvalue weighted by Crippen LogP contribution is 2.01. The molecule has 300 valence electrons.